The van der Waals surface area contributed by atoms with E-state index in [1.807, 2.05) is 19.9 Å². The van der Waals surface area contributed by atoms with Crippen LogP contribution < -0.4 is 15.8 Å². The van der Waals surface area contributed by atoms with Crippen LogP contribution in [0, 0.1) is 5.92 Å². The molecule has 0 saturated carbocycles. The van der Waals surface area contributed by atoms with Gasteiger partial charge >= 0.3 is 0 Å². The van der Waals surface area contributed by atoms with Crippen LogP contribution in [0.15, 0.2) is 18.2 Å². The van der Waals surface area contributed by atoms with Crippen molar-refractivity contribution in [1.82, 2.24) is 5.32 Å². The molecule has 106 valence electrons. The largest absolute Gasteiger partial charge is 0.504 e. The van der Waals surface area contributed by atoms with Gasteiger partial charge in [-0.05, 0) is 38.0 Å². The number of phenols is 1. The predicted octanol–water partition coefficient (Wildman–Crippen LogP) is 1.04. The monoisotopic (exact) mass is 266 g/mol. The summed E-state index contributed by atoms with van der Waals surface area (Å²) in [7, 11) is 1.49. The summed E-state index contributed by atoms with van der Waals surface area (Å²) < 4.78 is 4.98. The van der Waals surface area contributed by atoms with E-state index in [1.165, 1.54) is 7.11 Å². The molecule has 1 aromatic carbocycles. The first kappa shape index (κ1) is 15.3. The molecule has 1 unspecified atom stereocenters. The van der Waals surface area contributed by atoms with Crippen LogP contribution in [0.2, 0.25) is 0 Å². The topological polar surface area (TPSA) is 84.6 Å². The molecule has 0 aliphatic rings. The summed E-state index contributed by atoms with van der Waals surface area (Å²) in [6.07, 6.45) is 0.493. The van der Waals surface area contributed by atoms with Gasteiger partial charge in [0.2, 0.25) is 5.91 Å². The number of carbonyl (C=O) groups is 1. The van der Waals surface area contributed by atoms with Crippen molar-refractivity contribution in [2.45, 2.75) is 26.3 Å². The van der Waals surface area contributed by atoms with Crippen molar-refractivity contribution in [1.29, 1.82) is 0 Å². The minimum Gasteiger partial charge on any atom is -0.504 e. The lowest BCUT2D eigenvalue weighted by Crippen LogP contribution is -2.39. The van der Waals surface area contributed by atoms with Gasteiger partial charge in [-0.2, -0.15) is 0 Å². The van der Waals surface area contributed by atoms with E-state index in [0.717, 1.165) is 5.56 Å². The first-order valence-corrected chi connectivity index (χ1v) is 6.34. The number of amides is 1. The highest BCUT2D eigenvalue weighted by Gasteiger charge is 2.18. The second kappa shape index (κ2) is 6.99. The highest BCUT2D eigenvalue weighted by atomic mass is 16.5. The van der Waals surface area contributed by atoms with E-state index in [-0.39, 0.29) is 30.2 Å². The van der Waals surface area contributed by atoms with Crippen molar-refractivity contribution in [2.75, 3.05) is 13.7 Å². The summed E-state index contributed by atoms with van der Waals surface area (Å²) in [5.74, 6) is 0.128. The molecule has 1 aromatic rings. The van der Waals surface area contributed by atoms with Crippen LogP contribution in [-0.2, 0) is 11.2 Å². The molecule has 0 saturated heterocycles. The molecule has 0 bridgehead atoms. The third-order valence-corrected chi connectivity index (χ3v) is 2.81. The third kappa shape index (κ3) is 4.44. The maximum atomic E-state index is 11.9. The highest BCUT2D eigenvalue weighted by molar-refractivity contribution is 5.79. The van der Waals surface area contributed by atoms with Crippen molar-refractivity contribution < 1.29 is 14.6 Å². The fourth-order valence-corrected chi connectivity index (χ4v) is 1.83. The second-order valence-electron chi connectivity index (χ2n) is 4.81. The fourth-order valence-electron chi connectivity index (χ4n) is 1.83. The van der Waals surface area contributed by atoms with E-state index in [4.69, 9.17) is 10.5 Å². The lowest BCUT2D eigenvalue weighted by molar-refractivity contribution is -0.125. The van der Waals surface area contributed by atoms with Crippen LogP contribution in [0.1, 0.15) is 19.4 Å². The predicted molar refractivity (Wildman–Crippen MR) is 74.2 cm³/mol. The average molecular weight is 266 g/mol. The van der Waals surface area contributed by atoms with Gasteiger partial charge in [-0.1, -0.05) is 6.07 Å². The summed E-state index contributed by atoms with van der Waals surface area (Å²) in [4.78, 5) is 11.9. The van der Waals surface area contributed by atoms with E-state index in [9.17, 15) is 9.90 Å². The van der Waals surface area contributed by atoms with Crippen molar-refractivity contribution in [3.8, 4) is 11.5 Å². The Kier molecular flexibility index (Phi) is 5.63. The van der Waals surface area contributed by atoms with Gasteiger partial charge in [0, 0.05) is 12.6 Å². The van der Waals surface area contributed by atoms with Crippen LogP contribution in [0.25, 0.3) is 0 Å². The lowest BCUT2D eigenvalue weighted by atomic mass is 9.98. The first-order valence-electron chi connectivity index (χ1n) is 6.34. The number of benzene rings is 1. The zero-order chi connectivity index (χ0) is 14.4. The lowest BCUT2D eigenvalue weighted by Gasteiger charge is -2.17. The van der Waals surface area contributed by atoms with Crippen LogP contribution >= 0.6 is 0 Å². The maximum Gasteiger partial charge on any atom is 0.224 e. The molecule has 0 heterocycles. The van der Waals surface area contributed by atoms with Gasteiger partial charge in [0.25, 0.3) is 0 Å². The van der Waals surface area contributed by atoms with Crippen molar-refractivity contribution in [3.63, 3.8) is 0 Å². The Labute approximate surface area is 113 Å². The number of nitrogens with two attached hydrogens (primary N) is 1. The van der Waals surface area contributed by atoms with Gasteiger partial charge in [-0.15, -0.1) is 0 Å². The molecule has 0 spiro atoms. The number of hydrogen-bond donors (Lipinski definition) is 3. The standard InChI is InChI=1S/C14H22N2O3/c1-9(2)16-14(18)11(8-15)6-10-4-5-13(19-3)12(17)7-10/h4-5,7,9,11,17H,6,8,15H2,1-3H3,(H,16,18). The Balaban J connectivity index is 2.75. The number of methoxy groups -OCH3 is 1. The van der Waals surface area contributed by atoms with Crippen LogP contribution in [0.5, 0.6) is 11.5 Å². The van der Waals surface area contributed by atoms with E-state index in [0.29, 0.717) is 12.2 Å². The Bertz CT molecular complexity index is 433. The van der Waals surface area contributed by atoms with Crippen molar-refractivity contribution in [2.24, 2.45) is 11.7 Å². The molecule has 5 nitrogen and oxygen atoms in total. The Hall–Kier alpha value is -1.75. The molecule has 5 heteroatoms. The number of ether oxygens (including phenoxy) is 1. The van der Waals surface area contributed by atoms with Gasteiger partial charge in [-0.25, -0.2) is 0 Å². The summed E-state index contributed by atoms with van der Waals surface area (Å²) in [6, 6.07) is 5.19. The summed E-state index contributed by atoms with van der Waals surface area (Å²) in [6.45, 7) is 4.08. The Morgan fingerprint density at radius 2 is 2.16 bits per heavy atom. The molecule has 1 atom stereocenters. The van der Waals surface area contributed by atoms with Gasteiger partial charge in [0.05, 0.1) is 13.0 Å². The van der Waals surface area contributed by atoms with E-state index >= 15 is 0 Å². The van der Waals surface area contributed by atoms with Crippen molar-refractivity contribution >= 4 is 5.91 Å². The molecule has 0 aromatic heterocycles. The molecule has 4 N–H and O–H groups in total. The molecule has 1 amide bonds. The minimum atomic E-state index is -0.296. The number of nitrogens with one attached hydrogen (secondary N) is 1. The second-order valence-corrected chi connectivity index (χ2v) is 4.81. The number of rotatable bonds is 6. The van der Waals surface area contributed by atoms with E-state index in [2.05, 4.69) is 5.32 Å². The first-order chi connectivity index (χ1) is 8.97. The SMILES string of the molecule is COc1ccc(CC(CN)C(=O)NC(C)C)cc1O. The van der Waals surface area contributed by atoms with Crippen LogP contribution in [0.3, 0.4) is 0 Å². The number of carbonyl (C=O) groups excluding carboxylic acids is 1. The van der Waals surface area contributed by atoms with Gasteiger partial charge in [0.15, 0.2) is 11.5 Å². The average Bonchev–Trinajstić information content (AvgIpc) is 2.35. The molecule has 0 radical (unpaired) electrons. The summed E-state index contributed by atoms with van der Waals surface area (Å²) in [5.41, 5.74) is 6.50. The highest BCUT2D eigenvalue weighted by Crippen LogP contribution is 2.27. The smallest absolute Gasteiger partial charge is 0.224 e. The molecule has 0 fully saturated rings. The Morgan fingerprint density at radius 1 is 1.47 bits per heavy atom. The zero-order valence-corrected chi connectivity index (χ0v) is 11.6. The maximum absolute atomic E-state index is 11.9. The molecular formula is C14H22N2O3. The molecule has 0 aliphatic carbocycles. The molecule has 0 aliphatic heterocycles. The van der Waals surface area contributed by atoms with Crippen LogP contribution in [-0.4, -0.2) is 30.7 Å². The zero-order valence-electron chi connectivity index (χ0n) is 11.6. The number of phenolic OH excluding ortho intramolecular Hbond substituents is 1. The summed E-state index contributed by atoms with van der Waals surface area (Å²) >= 11 is 0. The minimum absolute atomic E-state index is 0.0622. The Morgan fingerprint density at radius 3 is 2.63 bits per heavy atom. The molecule has 19 heavy (non-hydrogen) atoms. The fraction of sp³-hybridized carbons (Fsp3) is 0.500. The number of aromatic hydroxyl groups is 1. The van der Waals surface area contributed by atoms with Crippen molar-refractivity contribution in [3.05, 3.63) is 23.8 Å². The van der Waals surface area contributed by atoms with Gasteiger partial charge in [-0.3, -0.25) is 4.79 Å². The third-order valence-electron chi connectivity index (χ3n) is 2.81. The number of hydrogen-bond acceptors (Lipinski definition) is 4. The van der Waals surface area contributed by atoms with Gasteiger partial charge in [0.1, 0.15) is 0 Å². The normalized spacial score (nSPS) is 12.3. The van der Waals surface area contributed by atoms with E-state index in [1.54, 1.807) is 12.1 Å². The summed E-state index contributed by atoms with van der Waals surface area (Å²) in [5, 5.41) is 12.5. The quantitative estimate of drug-likeness (QED) is 0.718. The molecule has 1 rings (SSSR count). The van der Waals surface area contributed by atoms with Gasteiger partial charge < -0.3 is 20.9 Å². The van der Waals surface area contributed by atoms with Crippen LogP contribution in [0.4, 0.5) is 0 Å². The van der Waals surface area contributed by atoms with E-state index < -0.39 is 0 Å². The molecular weight excluding hydrogens is 244 g/mol.